The molecular formula is C12H21ClN4O. The summed E-state index contributed by atoms with van der Waals surface area (Å²) in [6, 6.07) is 2.33. The van der Waals surface area contributed by atoms with Gasteiger partial charge in [-0.2, -0.15) is 5.10 Å². The Hall–Kier alpha value is -1.07. The number of nitrogens with one attached hydrogen (secondary N) is 1. The van der Waals surface area contributed by atoms with Gasteiger partial charge in [0.15, 0.2) is 0 Å². The summed E-state index contributed by atoms with van der Waals surface area (Å²) in [7, 11) is 0. The van der Waals surface area contributed by atoms with E-state index in [9.17, 15) is 4.79 Å². The molecule has 1 aliphatic heterocycles. The van der Waals surface area contributed by atoms with Crippen molar-refractivity contribution in [1.82, 2.24) is 20.0 Å². The molecule has 1 fully saturated rings. The van der Waals surface area contributed by atoms with E-state index in [1.807, 2.05) is 15.8 Å². The molecule has 0 aromatic carbocycles. The van der Waals surface area contributed by atoms with Crippen molar-refractivity contribution in [3.63, 3.8) is 0 Å². The number of nitrogens with zero attached hydrogens (tertiary/aromatic N) is 3. The molecule has 6 heteroatoms. The molecule has 0 spiro atoms. The summed E-state index contributed by atoms with van der Waals surface area (Å²) in [5.41, 5.74) is 0.549. The Balaban J connectivity index is 0.00000162. The molecule has 5 nitrogen and oxygen atoms in total. The fourth-order valence-electron chi connectivity index (χ4n) is 2.03. The summed E-state index contributed by atoms with van der Waals surface area (Å²) < 4.78 is 1.82. The van der Waals surface area contributed by atoms with Crippen LogP contribution in [0.5, 0.6) is 0 Å². The summed E-state index contributed by atoms with van der Waals surface area (Å²) in [6.07, 6.45) is 1.87. The molecule has 2 heterocycles. The number of halogens is 1. The first kappa shape index (κ1) is 15.0. The summed E-state index contributed by atoms with van der Waals surface area (Å²) in [5, 5.41) is 7.60. The molecular weight excluding hydrogens is 252 g/mol. The van der Waals surface area contributed by atoms with E-state index >= 15 is 0 Å². The Kier molecular flexibility index (Phi) is 5.16. The number of carbonyl (C=O) groups is 1. The van der Waals surface area contributed by atoms with Crippen LogP contribution >= 0.6 is 12.4 Å². The van der Waals surface area contributed by atoms with Gasteiger partial charge in [0.2, 0.25) is 0 Å². The maximum Gasteiger partial charge on any atom is 0.274 e. The zero-order chi connectivity index (χ0) is 12.4. The summed E-state index contributed by atoms with van der Waals surface area (Å²) in [4.78, 5) is 14.2. The second kappa shape index (κ2) is 6.20. The Morgan fingerprint density at radius 2 is 2.28 bits per heavy atom. The number of hydrogen-bond acceptors (Lipinski definition) is 3. The maximum absolute atomic E-state index is 12.3. The fraction of sp³-hybridized carbons (Fsp3) is 0.667. The van der Waals surface area contributed by atoms with Gasteiger partial charge in [0.05, 0.1) is 0 Å². The third-order valence-corrected chi connectivity index (χ3v) is 3.12. The third-order valence-electron chi connectivity index (χ3n) is 3.12. The minimum Gasteiger partial charge on any atom is -0.332 e. The largest absolute Gasteiger partial charge is 0.332 e. The average Bonchev–Trinajstić information content (AvgIpc) is 2.78. The van der Waals surface area contributed by atoms with Crippen LogP contribution in [0.3, 0.4) is 0 Å². The average molecular weight is 273 g/mol. The van der Waals surface area contributed by atoms with E-state index in [1.54, 1.807) is 6.07 Å². The van der Waals surface area contributed by atoms with Crippen molar-refractivity contribution < 1.29 is 4.79 Å². The first-order chi connectivity index (χ1) is 8.09. The molecule has 2 rings (SSSR count). The standard InChI is InChI=1S/C12H20N4O.ClH/c1-9(2)16-6-4-11(14-16)12(17)15-7-5-13-8-10(15)3;/h4,6,9-10,13H,5,7-8H2,1-3H3;1H/t10-;/m0./s1. The van der Waals surface area contributed by atoms with E-state index in [-0.39, 0.29) is 30.4 Å². The maximum atomic E-state index is 12.3. The van der Waals surface area contributed by atoms with Crippen molar-refractivity contribution in [2.24, 2.45) is 0 Å². The van der Waals surface area contributed by atoms with Crippen molar-refractivity contribution in [3.8, 4) is 0 Å². The van der Waals surface area contributed by atoms with Crippen molar-refractivity contribution in [2.75, 3.05) is 19.6 Å². The number of hydrogen-bond donors (Lipinski definition) is 1. The smallest absolute Gasteiger partial charge is 0.274 e. The molecule has 1 atom stereocenters. The highest BCUT2D eigenvalue weighted by atomic mass is 35.5. The SMILES string of the molecule is CC(C)n1ccc(C(=O)N2CCNC[C@@H]2C)n1.Cl. The monoisotopic (exact) mass is 272 g/mol. The highest BCUT2D eigenvalue weighted by Gasteiger charge is 2.25. The van der Waals surface area contributed by atoms with Gasteiger partial charge in [-0.05, 0) is 26.8 Å². The number of rotatable bonds is 2. The molecule has 0 radical (unpaired) electrons. The summed E-state index contributed by atoms with van der Waals surface area (Å²) >= 11 is 0. The molecule has 102 valence electrons. The van der Waals surface area contributed by atoms with Gasteiger partial charge in [0.25, 0.3) is 5.91 Å². The number of amides is 1. The van der Waals surface area contributed by atoms with Gasteiger partial charge in [0.1, 0.15) is 5.69 Å². The molecule has 0 saturated carbocycles. The second-order valence-corrected chi connectivity index (χ2v) is 4.83. The van der Waals surface area contributed by atoms with E-state index in [2.05, 4.69) is 31.2 Å². The molecule has 1 aromatic rings. The zero-order valence-corrected chi connectivity index (χ0v) is 11.9. The minimum atomic E-state index is 0. The molecule has 18 heavy (non-hydrogen) atoms. The van der Waals surface area contributed by atoms with Crippen LogP contribution in [0.1, 0.15) is 37.3 Å². The highest BCUT2D eigenvalue weighted by Crippen LogP contribution is 2.10. The molecule has 1 aliphatic rings. The molecule has 0 aliphatic carbocycles. The van der Waals surface area contributed by atoms with Gasteiger partial charge in [-0.1, -0.05) is 0 Å². The Morgan fingerprint density at radius 1 is 1.56 bits per heavy atom. The van der Waals surface area contributed by atoms with Crippen LogP contribution in [0.15, 0.2) is 12.3 Å². The van der Waals surface area contributed by atoms with Gasteiger partial charge in [-0.15, -0.1) is 12.4 Å². The number of piperazine rings is 1. The minimum absolute atomic E-state index is 0. The van der Waals surface area contributed by atoms with Crippen molar-refractivity contribution >= 4 is 18.3 Å². The summed E-state index contributed by atoms with van der Waals surface area (Å²) in [5.74, 6) is 0.0402. The van der Waals surface area contributed by atoms with Gasteiger partial charge in [0, 0.05) is 37.9 Å². The first-order valence-electron chi connectivity index (χ1n) is 6.16. The van der Waals surface area contributed by atoms with Gasteiger partial charge in [-0.25, -0.2) is 0 Å². The van der Waals surface area contributed by atoms with E-state index in [4.69, 9.17) is 0 Å². The lowest BCUT2D eigenvalue weighted by molar-refractivity contribution is 0.0648. The van der Waals surface area contributed by atoms with E-state index < -0.39 is 0 Å². The van der Waals surface area contributed by atoms with Crippen LogP contribution in [0.4, 0.5) is 0 Å². The van der Waals surface area contributed by atoms with E-state index in [0.29, 0.717) is 5.69 Å². The molecule has 1 saturated heterocycles. The Labute approximate surface area is 114 Å². The van der Waals surface area contributed by atoms with E-state index in [0.717, 1.165) is 19.6 Å². The quantitative estimate of drug-likeness (QED) is 0.883. The molecule has 1 aromatic heterocycles. The predicted molar refractivity (Wildman–Crippen MR) is 73.2 cm³/mol. The molecule has 0 bridgehead atoms. The molecule has 0 unspecified atom stereocenters. The van der Waals surface area contributed by atoms with Crippen LogP contribution in [0, 0.1) is 0 Å². The predicted octanol–water partition coefficient (Wildman–Crippen LogP) is 1.32. The Morgan fingerprint density at radius 3 is 2.83 bits per heavy atom. The molecule has 1 N–H and O–H groups in total. The van der Waals surface area contributed by atoms with Crippen LogP contribution < -0.4 is 5.32 Å². The van der Waals surface area contributed by atoms with Crippen molar-refractivity contribution in [3.05, 3.63) is 18.0 Å². The highest BCUT2D eigenvalue weighted by molar-refractivity contribution is 5.92. The van der Waals surface area contributed by atoms with Crippen LogP contribution in [-0.4, -0.2) is 46.3 Å². The number of aromatic nitrogens is 2. The van der Waals surface area contributed by atoms with E-state index in [1.165, 1.54) is 0 Å². The van der Waals surface area contributed by atoms with Crippen LogP contribution in [0.25, 0.3) is 0 Å². The van der Waals surface area contributed by atoms with Gasteiger partial charge < -0.3 is 10.2 Å². The molecule has 1 amide bonds. The lowest BCUT2D eigenvalue weighted by atomic mass is 10.2. The normalized spacial score (nSPS) is 19.8. The van der Waals surface area contributed by atoms with Crippen molar-refractivity contribution in [1.29, 1.82) is 0 Å². The summed E-state index contributed by atoms with van der Waals surface area (Å²) in [6.45, 7) is 8.64. The second-order valence-electron chi connectivity index (χ2n) is 4.83. The zero-order valence-electron chi connectivity index (χ0n) is 11.1. The van der Waals surface area contributed by atoms with Gasteiger partial charge >= 0.3 is 0 Å². The van der Waals surface area contributed by atoms with Crippen molar-refractivity contribution in [2.45, 2.75) is 32.9 Å². The number of carbonyl (C=O) groups excluding carboxylic acids is 1. The first-order valence-corrected chi connectivity index (χ1v) is 6.16. The fourth-order valence-corrected chi connectivity index (χ4v) is 2.03. The topological polar surface area (TPSA) is 50.2 Å². The Bertz CT molecular complexity index is 405. The lowest BCUT2D eigenvalue weighted by Gasteiger charge is -2.33. The third kappa shape index (κ3) is 3.03. The van der Waals surface area contributed by atoms with Gasteiger partial charge in [-0.3, -0.25) is 9.48 Å². The van der Waals surface area contributed by atoms with Crippen LogP contribution in [0.2, 0.25) is 0 Å². The lowest BCUT2D eigenvalue weighted by Crippen LogP contribution is -2.52. The van der Waals surface area contributed by atoms with Crippen LogP contribution in [-0.2, 0) is 0 Å².